The highest BCUT2D eigenvalue weighted by Crippen LogP contribution is 1.93. The smallest absolute Gasteiger partial charge is 0.244 e. The first-order valence-corrected chi connectivity index (χ1v) is 4.94. The number of hydrogen-bond donors (Lipinski definition) is 0. The SMILES string of the molecule is COCCCN(C)C(=O)Cn1cccn1. The quantitative estimate of drug-likeness (QED) is 0.639. The standard InChI is InChI=1S/C10H17N3O2/c1-12(6-4-8-15-2)10(14)9-13-7-3-5-11-13/h3,5,7H,4,6,8-9H2,1-2H3. The van der Waals surface area contributed by atoms with Crippen LogP contribution in [0.25, 0.3) is 0 Å². The van der Waals surface area contributed by atoms with Crippen molar-refractivity contribution < 1.29 is 9.53 Å². The van der Waals surface area contributed by atoms with Crippen LogP contribution in [-0.2, 0) is 16.1 Å². The summed E-state index contributed by atoms with van der Waals surface area (Å²) in [6, 6.07) is 1.80. The molecule has 0 saturated heterocycles. The number of ether oxygens (including phenoxy) is 1. The molecule has 0 bridgehead atoms. The number of carbonyl (C=O) groups is 1. The Morgan fingerprint density at radius 3 is 3.00 bits per heavy atom. The van der Waals surface area contributed by atoms with Crippen molar-refractivity contribution in [2.75, 3.05) is 27.3 Å². The maximum atomic E-state index is 11.6. The van der Waals surface area contributed by atoms with Gasteiger partial charge < -0.3 is 9.64 Å². The first-order valence-electron chi connectivity index (χ1n) is 4.94. The van der Waals surface area contributed by atoms with Gasteiger partial charge in [-0.2, -0.15) is 5.10 Å². The van der Waals surface area contributed by atoms with Crippen LogP contribution in [0.1, 0.15) is 6.42 Å². The molecule has 0 spiro atoms. The molecule has 0 unspecified atom stereocenters. The van der Waals surface area contributed by atoms with E-state index in [9.17, 15) is 4.79 Å². The van der Waals surface area contributed by atoms with E-state index < -0.39 is 0 Å². The Morgan fingerprint density at radius 1 is 1.60 bits per heavy atom. The third-order valence-electron chi connectivity index (χ3n) is 2.12. The Labute approximate surface area is 89.6 Å². The minimum atomic E-state index is 0.0646. The minimum absolute atomic E-state index is 0.0646. The van der Waals surface area contributed by atoms with Crippen LogP contribution in [0.5, 0.6) is 0 Å². The summed E-state index contributed by atoms with van der Waals surface area (Å²) in [7, 11) is 3.45. The molecule has 15 heavy (non-hydrogen) atoms. The molecule has 0 aliphatic heterocycles. The number of rotatable bonds is 6. The van der Waals surface area contributed by atoms with Gasteiger partial charge in [0.25, 0.3) is 0 Å². The van der Waals surface area contributed by atoms with Crippen molar-refractivity contribution in [1.29, 1.82) is 0 Å². The van der Waals surface area contributed by atoms with Gasteiger partial charge in [0.15, 0.2) is 0 Å². The molecule has 0 aromatic carbocycles. The highest BCUT2D eigenvalue weighted by Gasteiger charge is 2.08. The van der Waals surface area contributed by atoms with Crippen molar-refractivity contribution in [3.63, 3.8) is 0 Å². The van der Waals surface area contributed by atoms with Gasteiger partial charge >= 0.3 is 0 Å². The molecule has 0 atom stereocenters. The molecule has 1 aromatic heterocycles. The van der Waals surface area contributed by atoms with E-state index in [1.165, 1.54) is 0 Å². The number of methoxy groups -OCH3 is 1. The van der Waals surface area contributed by atoms with Gasteiger partial charge in [0.1, 0.15) is 6.54 Å². The molecular formula is C10H17N3O2. The van der Waals surface area contributed by atoms with Crippen LogP contribution in [0, 0.1) is 0 Å². The molecule has 0 radical (unpaired) electrons. The van der Waals surface area contributed by atoms with Gasteiger partial charge in [-0.25, -0.2) is 0 Å². The predicted octanol–water partition coefficient (Wildman–Crippen LogP) is 0.378. The van der Waals surface area contributed by atoms with Crippen LogP contribution in [0.3, 0.4) is 0 Å². The van der Waals surface area contributed by atoms with Crippen LogP contribution in [0.4, 0.5) is 0 Å². The lowest BCUT2D eigenvalue weighted by Crippen LogP contribution is -2.31. The van der Waals surface area contributed by atoms with Gasteiger partial charge in [0.2, 0.25) is 5.91 Å². The van der Waals surface area contributed by atoms with Crippen molar-refractivity contribution in [3.8, 4) is 0 Å². The Morgan fingerprint density at radius 2 is 2.40 bits per heavy atom. The van der Waals surface area contributed by atoms with E-state index in [-0.39, 0.29) is 5.91 Å². The number of hydrogen-bond acceptors (Lipinski definition) is 3. The van der Waals surface area contributed by atoms with Gasteiger partial charge in [-0.15, -0.1) is 0 Å². The third-order valence-corrected chi connectivity index (χ3v) is 2.12. The summed E-state index contributed by atoms with van der Waals surface area (Å²) in [5.74, 6) is 0.0646. The van der Waals surface area contributed by atoms with Crippen LogP contribution in [0.15, 0.2) is 18.5 Å². The number of likely N-dealkylation sites (N-methyl/N-ethyl adjacent to an activating group) is 1. The Balaban J connectivity index is 2.27. The van der Waals surface area contributed by atoms with Gasteiger partial charge in [0.05, 0.1) is 0 Å². The summed E-state index contributed by atoms with van der Waals surface area (Å²) in [6.07, 6.45) is 4.30. The van der Waals surface area contributed by atoms with Crippen molar-refractivity contribution in [1.82, 2.24) is 14.7 Å². The molecule has 84 valence electrons. The average molecular weight is 211 g/mol. The highest BCUT2D eigenvalue weighted by molar-refractivity contribution is 5.75. The van der Waals surface area contributed by atoms with Crippen molar-refractivity contribution in [2.24, 2.45) is 0 Å². The van der Waals surface area contributed by atoms with Crippen LogP contribution in [0.2, 0.25) is 0 Å². The second kappa shape index (κ2) is 6.19. The summed E-state index contributed by atoms with van der Waals surface area (Å²) < 4.78 is 6.54. The van der Waals surface area contributed by atoms with E-state index in [1.54, 1.807) is 42.2 Å². The number of aromatic nitrogens is 2. The number of carbonyl (C=O) groups excluding carboxylic acids is 1. The Hall–Kier alpha value is -1.36. The molecule has 1 amide bonds. The maximum Gasteiger partial charge on any atom is 0.244 e. The van der Waals surface area contributed by atoms with E-state index in [2.05, 4.69) is 5.10 Å². The molecule has 0 saturated carbocycles. The summed E-state index contributed by atoms with van der Waals surface area (Å²) in [6.45, 7) is 1.70. The fourth-order valence-corrected chi connectivity index (χ4v) is 1.22. The predicted molar refractivity (Wildman–Crippen MR) is 56.4 cm³/mol. The molecular weight excluding hydrogens is 194 g/mol. The van der Waals surface area contributed by atoms with Gasteiger partial charge in [-0.3, -0.25) is 9.48 Å². The maximum absolute atomic E-state index is 11.6. The van der Waals surface area contributed by atoms with E-state index in [0.717, 1.165) is 6.42 Å². The molecule has 0 N–H and O–H groups in total. The largest absolute Gasteiger partial charge is 0.385 e. The van der Waals surface area contributed by atoms with Gasteiger partial charge in [0, 0.05) is 39.7 Å². The molecule has 1 rings (SSSR count). The molecule has 5 nitrogen and oxygen atoms in total. The van der Waals surface area contributed by atoms with Crippen LogP contribution < -0.4 is 0 Å². The summed E-state index contributed by atoms with van der Waals surface area (Å²) in [5, 5.41) is 3.98. The third kappa shape index (κ3) is 4.12. The van der Waals surface area contributed by atoms with Gasteiger partial charge in [-0.1, -0.05) is 0 Å². The molecule has 0 aliphatic carbocycles. The lowest BCUT2D eigenvalue weighted by atomic mass is 10.4. The van der Waals surface area contributed by atoms with E-state index in [4.69, 9.17) is 4.74 Å². The fraction of sp³-hybridized carbons (Fsp3) is 0.600. The second-order valence-electron chi connectivity index (χ2n) is 3.37. The lowest BCUT2D eigenvalue weighted by molar-refractivity contribution is -0.130. The van der Waals surface area contributed by atoms with E-state index in [0.29, 0.717) is 19.7 Å². The Kier molecular flexibility index (Phi) is 4.83. The van der Waals surface area contributed by atoms with Crippen molar-refractivity contribution >= 4 is 5.91 Å². The second-order valence-corrected chi connectivity index (χ2v) is 3.37. The molecule has 1 heterocycles. The van der Waals surface area contributed by atoms with E-state index in [1.807, 2.05) is 0 Å². The molecule has 0 fully saturated rings. The molecule has 1 aromatic rings. The average Bonchev–Trinajstić information content (AvgIpc) is 2.70. The van der Waals surface area contributed by atoms with Gasteiger partial charge in [-0.05, 0) is 12.5 Å². The highest BCUT2D eigenvalue weighted by atomic mass is 16.5. The first-order chi connectivity index (χ1) is 7.24. The summed E-state index contributed by atoms with van der Waals surface area (Å²) >= 11 is 0. The fourth-order valence-electron chi connectivity index (χ4n) is 1.22. The Bertz CT molecular complexity index is 285. The van der Waals surface area contributed by atoms with Crippen molar-refractivity contribution in [2.45, 2.75) is 13.0 Å². The molecule has 5 heteroatoms. The minimum Gasteiger partial charge on any atom is -0.385 e. The zero-order chi connectivity index (χ0) is 11.1. The van der Waals surface area contributed by atoms with Crippen molar-refractivity contribution in [3.05, 3.63) is 18.5 Å². The summed E-state index contributed by atoms with van der Waals surface area (Å²) in [4.78, 5) is 13.3. The number of nitrogens with zero attached hydrogens (tertiary/aromatic N) is 3. The van der Waals surface area contributed by atoms with Crippen LogP contribution in [-0.4, -0.2) is 47.9 Å². The monoisotopic (exact) mass is 211 g/mol. The zero-order valence-corrected chi connectivity index (χ0v) is 9.22. The summed E-state index contributed by atoms with van der Waals surface area (Å²) in [5.41, 5.74) is 0. The number of amides is 1. The normalized spacial score (nSPS) is 10.3. The molecule has 0 aliphatic rings. The lowest BCUT2D eigenvalue weighted by Gasteiger charge is -2.16. The topological polar surface area (TPSA) is 47.4 Å². The zero-order valence-electron chi connectivity index (χ0n) is 9.22. The van der Waals surface area contributed by atoms with E-state index >= 15 is 0 Å². The first kappa shape index (κ1) is 11.7. The van der Waals surface area contributed by atoms with Crippen LogP contribution >= 0.6 is 0 Å².